The predicted molar refractivity (Wildman–Crippen MR) is 383 cm³/mol. The Balaban J connectivity index is 0.000000134. The van der Waals surface area contributed by atoms with Crippen LogP contribution in [0.2, 0.25) is 0 Å². The first-order chi connectivity index (χ1) is 50.2. The first kappa shape index (κ1) is 68.7. The van der Waals surface area contributed by atoms with Gasteiger partial charge in [-0.2, -0.15) is 19.2 Å². The summed E-state index contributed by atoms with van der Waals surface area (Å²) in [5.74, 6) is 5.56. The number of fused-ring (bicyclic) bond motifs is 8. The third kappa shape index (κ3) is 13.6. The number of nitrogens with zero attached hydrogens (tertiary/aromatic N) is 13. The van der Waals surface area contributed by atoms with Gasteiger partial charge in [-0.15, -0.1) is 10.2 Å². The van der Waals surface area contributed by atoms with Gasteiger partial charge in [-0.25, -0.2) is 28.7 Å². The summed E-state index contributed by atoms with van der Waals surface area (Å²) in [6.45, 7) is 7.51. The van der Waals surface area contributed by atoms with Gasteiger partial charge >= 0.3 is 0 Å². The fraction of sp³-hybridized carbons (Fsp3) is 0.514. The smallest absolute Gasteiger partial charge is 0.226 e. The number of aromatic nitrogens is 12. The van der Waals surface area contributed by atoms with Crippen LogP contribution in [0.1, 0.15) is 113 Å². The Hall–Kier alpha value is -8.74. The van der Waals surface area contributed by atoms with E-state index in [1.807, 2.05) is 64.4 Å². The average molecular weight is 1480 g/mol. The quantitative estimate of drug-likeness (QED) is 0.0538. The number of anilines is 3. The monoisotopic (exact) mass is 1480 g/mol. The molecule has 6 atom stereocenters. The number of benzene rings is 4. The largest absolute Gasteiger partial charge is 0.497 e. The van der Waals surface area contributed by atoms with Crippen LogP contribution in [0.25, 0.3) is 33.1 Å². The van der Waals surface area contributed by atoms with Crippen molar-refractivity contribution in [3.05, 3.63) is 124 Å². The molecule has 8 aliphatic rings. The van der Waals surface area contributed by atoms with E-state index < -0.39 is 11.6 Å². The third-order valence-corrected chi connectivity index (χ3v) is 22.5. The van der Waals surface area contributed by atoms with Gasteiger partial charge in [0.2, 0.25) is 11.9 Å². The van der Waals surface area contributed by atoms with E-state index >= 15 is 4.39 Å². The zero-order valence-electron chi connectivity index (χ0n) is 58.9. The summed E-state index contributed by atoms with van der Waals surface area (Å²) in [5.41, 5.74) is 4.66. The maximum absolute atomic E-state index is 15.1. The molecule has 4 aromatic carbocycles. The Morgan fingerprint density at radius 2 is 1.09 bits per heavy atom. The van der Waals surface area contributed by atoms with Crippen molar-refractivity contribution in [1.29, 1.82) is 0 Å². The number of nitrogens with one attached hydrogen (secondary N) is 3. The van der Waals surface area contributed by atoms with Gasteiger partial charge in [0.05, 0.1) is 106 Å². The molecule has 10 heterocycles. The lowest BCUT2D eigenvalue weighted by atomic mass is 9.80. The van der Waals surface area contributed by atoms with Crippen molar-refractivity contribution >= 4 is 66.6 Å². The topological polar surface area (TPSA) is 253 Å². The van der Waals surface area contributed by atoms with Crippen LogP contribution in [0.5, 0.6) is 34.5 Å². The number of rotatable bonds is 23. The highest BCUT2D eigenvalue weighted by molar-refractivity contribution is 9.10. The molecular formula is C74H87BrF2N16O10. The van der Waals surface area contributed by atoms with Crippen molar-refractivity contribution in [2.24, 2.45) is 11.8 Å². The second kappa shape index (κ2) is 28.4. The summed E-state index contributed by atoms with van der Waals surface area (Å²) in [6.07, 6.45) is 23.2. The number of methoxy groups -OCH3 is 6. The molecule has 4 saturated carbocycles. The van der Waals surface area contributed by atoms with Gasteiger partial charge in [-0.3, -0.25) is 9.36 Å². The Morgan fingerprint density at radius 3 is 1.53 bits per heavy atom. The van der Waals surface area contributed by atoms with E-state index in [4.69, 9.17) is 82.6 Å². The summed E-state index contributed by atoms with van der Waals surface area (Å²) >= 11 is 3.43. The second-order valence-electron chi connectivity index (χ2n) is 28.6. The zero-order chi connectivity index (χ0) is 70.6. The molecule has 6 unspecified atom stereocenters. The van der Waals surface area contributed by atoms with Crippen molar-refractivity contribution in [1.82, 2.24) is 64.0 Å². The molecule has 29 heteroatoms. The summed E-state index contributed by atoms with van der Waals surface area (Å²) in [5, 5.41) is 30.4. The maximum atomic E-state index is 15.1. The van der Waals surface area contributed by atoms with Crippen LogP contribution in [0.15, 0.2) is 89.9 Å². The van der Waals surface area contributed by atoms with Gasteiger partial charge in [0, 0.05) is 110 Å². The van der Waals surface area contributed by atoms with Crippen molar-refractivity contribution in [3.8, 4) is 34.5 Å². The van der Waals surface area contributed by atoms with Crippen LogP contribution in [-0.2, 0) is 56.0 Å². The predicted octanol–water partition coefficient (Wildman–Crippen LogP) is 11.5. The number of hydrogen-bond donors (Lipinski definition) is 3. The van der Waals surface area contributed by atoms with Crippen molar-refractivity contribution in [3.63, 3.8) is 0 Å². The molecule has 4 aliphatic carbocycles. The van der Waals surface area contributed by atoms with Crippen molar-refractivity contribution in [2.45, 2.75) is 151 Å². The highest BCUT2D eigenvalue weighted by Crippen LogP contribution is 2.59. The van der Waals surface area contributed by atoms with E-state index in [1.165, 1.54) is 52.0 Å². The highest BCUT2D eigenvalue weighted by Gasteiger charge is 2.64. The van der Waals surface area contributed by atoms with Gasteiger partial charge in [-0.1, -0.05) is 0 Å². The molecule has 26 nitrogen and oxygen atoms in total. The fourth-order valence-electron chi connectivity index (χ4n) is 15.8. The molecule has 10 aromatic rings. The molecule has 4 saturated heterocycles. The molecule has 6 aromatic heterocycles. The minimum atomic E-state index is -0.478. The standard InChI is InChI=1S/C37H43FN8O5.C24H25FN6O3.C13H19BrN2O2/c1-47-26-9-8-23(30(13-26)48-2)17-39-35-41-29-15-31(49-3)28(38)14-27(29)33-42-34(43-46(33)35)37-16-24(37)19-44(22-37)25-18-40-45(20-25)21-36(10-6-11-36)51-32-7-4-5-12-50-32;1-32-15-5-4-13(19(6-15)33-2)10-27-23-28-18-8-20(34-3)17(25)7-16(18)21-29-22(30-31(21)23)24-9-14(24)11-26-12-24;14-11-8-15-16(9-11)10-13(5-3-6-13)18-12-4-1-2-7-17-12/h8-9,13-15,18,20,24,32H,4-7,10-12,16-17,19,21-22H2,1-3H3,(H,39,41);4-8,14,26H,9-12H2,1-3H3,(H,27,28);8-9,12H,1-7,10H2. The van der Waals surface area contributed by atoms with Crippen LogP contribution < -0.4 is 49.3 Å². The minimum Gasteiger partial charge on any atom is -0.497 e. The minimum absolute atomic E-state index is 0.00180. The lowest BCUT2D eigenvalue weighted by Crippen LogP contribution is -2.47. The molecular weight excluding hydrogens is 1390 g/mol. The lowest BCUT2D eigenvalue weighted by molar-refractivity contribution is -0.251. The van der Waals surface area contributed by atoms with Gasteiger partial charge in [-0.05, 0) is 161 Å². The van der Waals surface area contributed by atoms with Crippen molar-refractivity contribution < 1.29 is 56.1 Å². The van der Waals surface area contributed by atoms with E-state index in [0.29, 0.717) is 92.9 Å². The molecule has 0 bridgehead atoms. The fourth-order valence-corrected chi connectivity index (χ4v) is 16.1. The second-order valence-corrected chi connectivity index (χ2v) is 29.5. The summed E-state index contributed by atoms with van der Waals surface area (Å²) in [6, 6.07) is 17.4. The number of piperidine rings is 2. The lowest BCUT2D eigenvalue weighted by Gasteiger charge is -2.44. The van der Waals surface area contributed by atoms with Crippen LogP contribution in [0, 0.1) is 23.5 Å². The first-order valence-corrected chi connectivity index (χ1v) is 36.5. The van der Waals surface area contributed by atoms with E-state index in [9.17, 15) is 4.39 Å². The Bertz CT molecular complexity index is 4750. The van der Waals surface area contributed by atoms with E-state index in [-0.39, 0.29) is 46.1 Å². The molecule has 8 fully saturated rings. The van der Waals surface area contributed by atoms with Crippen LogP contribution in [0.3, 0.4) is 0 Å². The van der Waals surface area contributed by atoms with E-state index in [1.54, 1.807) is 49.6 Å². The summed E-state index contributed by atoms with van der Waals surface area (Å²) < 4.78 is 94.7. The average Bonchev–Trinajstić information content (AvgIpc) is 1.54. The molecule has 0 radical (unpaired) electrons. The van der Waals surface area contributed by atoms with E-state index in [0.717, 1.165) is 150 Å². The molecule has 18 rings (SSSR count). The molecule has 3 N–H and O–H groups in total. The Labute approximate surface area is 602 Å². The van der Waals surface area contributed by atoms with Gasteiger partial charge in [0.15, 0.2) is 58.7 Å². The van der Waals surface area contributed by atoms with Crippen molar-refractivity contribution in [2.75, 3.05) is 97.6 Å². The van der Waals surface area contributed by atoms with Crippen LogP contribution in [-0.4, -0.2) is 165 Å². The Morgan fingerprint density at radius 1 is 0.573 bits per heavy atom. The molecule has 4 aliphatic heterocycles. The molecule has 0 spiro atoms. The number of ether oxygens (including phenoxy) is 10. The van der Waals surface area contributed by atoms with Crippen LogP contribution >= 0.6 is 15.9 Å². The zero-order valence-corrected chi connectivity index (χ0v) is 60.5. The highest BCUT2D eigenvalue weighted by atomic mass is 79.9. The van der Waals surface area contributed by atoms with Gasteiger partial charge in [0.1, 0.15) is 23.0 Å². The Kier molecular flexibility index (Phi) is 18.9. The summed E-state index contributed by atoms with van der Waals surface area (Å²) in [4.78, 5) is 22.0. The molecule has 544 valence electrons. The third-order valence-electron chi connectivity index (χ3n) is 22.1. The first-order valence-electron chi connectivity index (χ1n) is 35.7. The SMILES string of the molecule is Brc1cnn(CC2(OC3CCCCO3)CCC2)c1.COc1ccc(CNc2nc3cc(OC)c(F)cc3c3nc(C45CC4CN(c4cnn(CC6(OC7CCCCO7)CCC6)c4)C5)nn23)c(OC)c1.COc1ccc(CNc2nc3cc(OC)c(F)cc3c3nc(C45CNCC4C5)nn23)c(OC)c1. The number of hydrogen-bond acceptors (Lipinski definition) is 22. The summed E-state index contributed by atoms with van der Waals surface area (Å²) in [7, 11) is 9.37. The molecule has 103 heavy (non-hydrogen) atoms. The van der Waals surface area contributed by atoms with E-state index in [2.05, 4.69) is 48.1 Å². The van der Waals surface area contributed by atoms with Gasteiger partial charge in [0.25, 0.3) is 0 Å². The van der Waals surface area contributed by atoms with Gasteiger partial charge < -0.3 is 68.2 Å². The maximum Gasteiger partial charge on any atom is 0.226 e. The normalized spacial score (nSPS) is 23.3. The number of halogens is 3. The van der Waals surface area contributed by atoms with Crippen LogP contribution in [0.4, 0.5) is 26.4 Å². The molecule has 0 amide bonds.